The number of aromatic nitrogens is 3. The zero-order chi connectivity index (χ0) is 13.6. The summed E-state index contributed by atoms with van der Waals surface area (Å²) < 4.78 is 0. The van der Waals surface area contributed by atoms with E-state index in [1.165, 1.54) is 27.8 Å². The second-order valence-corrected chi connectivity index (χ2v) is 5.19. The van der Waals surface area contributed by atoms with E-state index in [-0.39, 0.29) is 0 Å². The van der Waals surface area contributed by atoms with Gasteiger partial charge in [-0.2, -0.15) is 0 Å². The van der Waals surface area contributed by atoms with Gasteiger partial charge in [0.1, 0.15) is 5.82 Å². The molecule has 0 atom stereocenters. The van der Waals surface area contributed by atoms with Crippen molar-refractivity contribution in [2.45, 2.75) is 27.7 Å². The first kappa shape index (κ1) is 11.9. The molecule has 0 unspecified atom stereocenters. The maximum Gasteiger partial charge on any atom is 0.178 e. The Morgan fingerprint density at radius 1 is 0.947 bits per heavy atom. The number of fused-ring (bicyclic) bond motifs is 1. The fourth-order valence-corrected chi connectivity index (χ4v) is 2.71. The first-order valence-electron chi connectivity index (χ1n) is 6.46. The van der Waals surface area contributed by atoms with E-state index in [4.69, 9.17) is 0 Å². The van der Waals surface area contributed by atoms with Gasteiger partial charge in [0.15, 0.2) is 5.65 Å². The van der Waals surface area contributed by atoms with Crippen molar-refractivity contribution in [2.24, 2.45) is 0 Å². The minimum absolute atomic E-state index is 0.786. The van der Waals surface area contributed by atoms with Crippen molar-refractivity contribution in [3.05, 3.63) is 46.6 Å². The summed E-state index contributed by atoms with van der Waals surface area (Å²) in [6.45, 7) is 8.45. The summed E-state index contributed by atoms with van der Waals surface area (Å²) in [4.78, 5) is 12.4. The lowest BCUT2D eigenvalue weighted by molar-refractivity contribution is 1.24. The van der Waals surface area contributed by atoms with Crippen molar-refractivity contribution >= 4 is 11.2 Å². The molecule has 0 radical (unpaired) electrons. The largest absolute Gasteiger partial charge is 0.336 e. The maximum absolute atomic E-state index is 4.63. The van der Waals surface area contributed by atoms with Crippen molar-refractivity contribution in [1.29, 1.82) is 0 Å². The predicted octanol–water partition coefficient (Wildman–Crippen LogP) is 3.86. The Morgan fingerprint density at radius 3 is 2.26 bits per heavy atom. The highest BCUT2D eigenvalue weighted by atomic mass is 15.0. The number of H-pyrrole nitrogens is 1. The lowest BCUT2D eigenvalue weighted by atomic mass is 9.99. The maximum atomic E-state index is 4.63. The van der Waals surface area contributed by atoms with E-state index in [1.807, 2.05) is 6.07 Å². The molecule has 3 heteroatoms. The lowest BCUT2D eigenvalue weighted by Crippen LogP contribution is -1.91. The van der Waals surface area contributed by atoms with Gasteiger partial charge in [-0.25, -0.2) is 9.97 Å². The van der Waals surface area contributed by atoms with Gasteiger partial charge in [0.05, 0.1) is 5.52 Å². The molecule has 0 fully saturated rings. The van der Waals surface area contributed by atoms with Crippen molar-refractivity contribution in [2.75, 3.05) is 0 Å². The molecule has 1 aromatic carbocycles. The van der Waals surface area contributed by atoms with Gasteiger partial charge in [0, 0.05) is 11.8 Å². The van der Waals surface area contributed by atoms with Gasteiger partial charge < -0.3 is 4.98 Å². The normalized spacial score (nSPS) is 11.2. The highest BCUT2D eigenvalue weighted by molar-refractivity contribution is 5.80. The number of nitrogens with zero attached hydrogens (tertiary/aromatic N) is 2. The van der Waals surface area contributed by atoms with Gasteiger partial charge in [-0.3, -0.25) is 0 Å². The molecule has 0 saturated heterocycles. The molecule has 0 aliphatic heterocycles. The molecule has 0 aliphatic carbocycles. The second-order valence-electron chi connectivity index (χ2n) is 5.19. The zero-order valence-corrected chi connectivity index (χ0v) is 11.7. The van der Waals surface area contributed by atoms with Gasteiger partial charge >= 0.3 is 0 Å². The molecule has 3 rings (SSSR count). The summed E-state index contributed by atoms with van der Waals surface area (Å²) in [7, 11) is 0. The Bertz CT molecular complexity index is 746. The Balaban J connectivity index is 2.28. The number of rotatable bonds is 1. The van der Waals surface area contributed by atoms with E-state index in [1.54, 1.807) is 6.20 Å². The number of aromatic amines is 1. The lowest BCUT2D eigenvalue weighted by Gasteiger charge is -2.08. The van der Waals surface area contributed by atoms with Gasteiger partial charge in [-0.1, -0.05) is 17.7 Å². The quantitative estimate of drug-likeness (QED) is 0.713. The summed E-state index contributed by atoms with van der Waals surface area (Å²) in [5.74, 6) is 0.909. The van der Waals surface area contributed by atoms with Crippen LogP contribution in [0.5, 0.6) is 0 Å². The molecule has 2 heterocycles. The minimum Gasteiger partial charge on any atom is -0.336 e. The monoisotopic (exact) mass is 251 g/mol. The van der Waals surface area contributed by atoms with Crippen LogP contribution in [-0.2, 0) is 0 Å². The van der Waals surface area contributed by atoms with Crippen LogP contribution in [-0.4, -0.2) is 15.0 Å². The summed E-state index contributed by atoms with van der Waals surface area (Å²) in [6, 6.07) is 6.38. The van der Waals surface area contributed by atoms with E-state index in [2.05, 4.69) is 54.8 Å². The number of imidazole rings is 1. The topological polar surface area (TPSA) is 41.6 Å². The standard InChI is InChI=1S/C16H17N3/c1-9-7-11(3)13(12(4)8-9)15-18-14-10(2)5-6-17-16(14)19-15/h5-8H,1-4H3,(H,17,18,19). The Hall–Kier alpha value is -2.16. The number of pyridine rings is 1. The van der Waals surface area contributed by atoms with Crippen LogP contribution < -0.4 is 0 Å². The van der Waals surface area contributed by atoms with Crippen LogP contribution in [0.15, 0.2) is 24.4 Å². The highest BCUT2D eigenvalue weighted by Gasteiger charge is 2.12. The van der Waals surface area contributed by atoms with E-state index in [0.29, 0.717) is 0 Å². The molecule has 0 spiro atoms. The molecule has 0 amide bonds. The molecule has 0 aliphatic rings. The third-order valence-electron chi connectivity index (χ3n) is 3.51. The molecule has 2 aromatic heterocycles. The fourth-order valence-electron chi connectivity index (χ4n) is 2.71. The van der Waals surface area contributed by atoms with Crippen LogP contribution in [0.25, 0.3) is 22.6 Å². The van der Waals surface area contributed by atoms with Gasteiger partial charge in [-0.05, 0) is 50.5 Å². The zero-order valence-electron chi connectivity index (χ0n) is 11.7. The van der Waals surface area contributed by atoms with Crippen LogP contribution in [0.3, 0.4) is 0 Å². The number of hydrogen-bond acceptors (Lipinski definition) is 2. The molecular formula is C16H17N3. The van der Waals surface area contributed by atoms with Crippen LogP contribution >= 0.6 is 0 Å². The van der Waals surface area contributed by atoms with Gasteiger partial charge in [0.25, 0.3) is 0 Å². The molecule has 0 bridgehead atoms. The number of hydrogen-bond donors (Lipinski definition) is 1. The molecule has 3 nitrogen and oxygen atoms in total. The minimum atomic E-state index is 0.786. The number of nitrogens with one attached hydrogen (secondary N) is 1. The Kier molecular flexibility index (Phi) is 2.63. The van der Waals surface area contributed by atoms with Crippen molar-refractivity contribution in [1.82, 2.24) is 15.0 Å². The third kappa shape index (κ3) is 1.91. The molecule has 1 N–H and O–H groups in total. The molecule has 19 heavy (non-hydrogen) atoms. The number of benzene rings is 1. The first-order valence-corrected chi connectivity index (χ1v) is 6.46. The van der Waals surface area contributed by atoms with Crippen molar-refractivity contribution in [3.8, 4) is 11.4 Å². The van der Waals surface area contributed by atoms with Crippen LogP contribution in [0.4, 0.5) is 0 Å². The SMILES string of the molecule is Cc1cc(C)c(-c2nc3nccc(C)c3[nH]2)c(C)c1. The summed E-state index contributed by atoms with van der Waals surface area (Å²) >= 11 is 0. The number of aryl methyl sites for hydroxylation is 4. The van der Waals surface area contributed by atoms with Gasteiger partial charge in [-0.15, -0.1) is 0 Å². The average Bonchev–Trinajstić information content (AvgIpc) is 2.72. The Labute approximate surface area is 112 Å². The smallest absolute Gasteiger partial charge is 0.178 e. The fraction of sp³-hybridized carbons (Fsp3) is 0.250. The third-order valence-corrected chi connectivity index (χ3v) is 3.51. The van der Waals surface area contributed by atoms with E-state index >= 15 is 0 Å². The first-order chi connectivity index (χ1) is 9.06. The van der Waals surface area contributed by atoms with Crippen LogP contribution in [0, 0.1) is 27.7 Å². The predicted molar refractivity (Wildman–Crippen MR) is 78.3 cm³/mol. The van der Waals surface area contributed by atoms with E-state index in [9.17, 15) is 0 Å². The van der Waals surface area contributed by atoms with Crippen molar-refractivity contribution in [3.63, 3.8) is 0 Å². The highest BCUT2D eigenvalue weighted by Crippen LogP contribution is 2.28. The van der Waals surface area contributed by atoms with E-state index < -0.39 is 0 Å². The van der Waals surface area contributed by atoms with E-state index in [0.717, 1.165) is 17.0 Å². The molecule has 0 saturated carbocycles. The second kappa shape index (κ2) is 4.19. The summed E-state index contributed by atoms with van der Waals surface area (Å²) in [5.41, 5.74) is 7.94. The Morgan fingerprint density at radius 2 is 1.63 bits per heavy atom. The summed E-state index contributed by atoms with van der Waals surface area (Å²) in [6.07, 6.45) is 1.80. The van der Waals surface area contributed by atoms with Crippen molar-refractivity contribution < 1.29 is 0 Å². The summed E-state index contributed by atoms with van der Waals surface area (Å²) in [5, 5.41) is 0. The molecule has 3 aromatic rings. The van der Waals surface area contributed by atoms with Crippen LogP contribution in [0.1, 0.15) is 22.3 Å². The van der Waals surface area contributed by atoms with Crippen LogP contribution in [0.2, 0.25) is 0 Å². The molecular weight excluding hydrogens is 234 g/mol. The molecule has 96 valence electrons. The average molecular weight is 251 g/mol. The van der Waals surface area contributed by atoms with Gasteiger partial charge in [0.2, 0.25) is 0 Å².